The fourth-order valence-corrected chi connectivity index (χ4v) is 3.73. The highest BCUT2D eigenvalue weighted by Crippen LogP contribution is 2.25. The van der Waals surface area contributed by atoms with E-state index in [1.54, 1.807) is 31.4 Å². The molecule has 0 spiro atoms. The van der Waals surface area contributed by atoms with Gasteiger partial charge in [-0.3, -0.25) is 0 Å². The van der Waals surface area contributed by atoms with E-state index in [1.165, 1.54) is 0 Å². The van der Waals surface area contributed by atoms with Gasteiger partial charge < -0.3 is 4.74 Å². The molecule has 1 aromatic carbocycles. The number of hydrogen-bond donors (Lipinski definition) is 1. The fraction of sp³-hybridized carbons (Fsp3) is 0.571. The van der Waals surface area contributed by atoms with Crippen LogP contribution in [0.25, 0.3) is 0 Å². The average molecular weight is 283 g/mol. The molecule has 2 rings (SSSR count). The maximum atomic E-state index is 12.2. The molecule has 106 valence electrons. The Morgan fingerprint density at radius 2 is 1.68 bits per heavy atom. The second-order valence-electron chi connectivity index (χ2n) is 5.25. The Kier molecular flexibility index (Phi) is 4.47. The Hall–Kier alpha value is -1.07. The van der Waals surface area contributed by atoms with Gasteiger partial charge in [0.05, 0.1) is 12.0 Å². The molecule has 1 aromatic rings. The van der Waals surface area contributed by atoms with Crippen LogP contribution in [0.5, 0.6) is 5.75 Å². The maximum absolute atomic E-state index is 12.2. The largest absolute Gasteiger partial charge is 0.497 e. The van der Waals surface area contributed by atoms with Gasteiger partial charge >= 0.3 is 0 Å². The van der Waals surface area contributed by atoms with Crippen LogP contribution in [-0.4, -0.2) is 21.6 Å². The van der Waals surface area contributed by atoms with E-state index in [-0.39, 0.29) is 6.04 Å². The lowest BCUT2D eigenvalue weighted by molar-refractivity contribution is 0.332. The summed E-state index contributed by atoms with van der Waals surface area (Å²) >= 11 is 0. The van der Waals surface area contributed by atoms with Gasteiger partial charge in [-0.15, -0.1) is 0 Å². The van der Waals surface area contributed by atoms with E-state index in [9.17, 15) is 8.42 Å². The summed E-state index contributed by atoms with van der Waals surface area (Å²) in [5, 5.41) is 0. The Balaban J connectivity index is 2.05. The van der Waals surface area contributed by atoms with Gasteiger partial charge in [-0.25, -0.2) is 13.1 Å². The van der Waals surface area contributed by atoms with Gasteiger partial charge in [0, 0.05) is 6.04 Å². The molecule has 1 saturated carbocycles. The highest BCUT2D eigenvalue weighted by atomic mass is 32.2. The van der Waals surface area contributed by atoms with Crippen LogP contribution in [0.4, 0.5) is 0 Å². The zero-order valence-corrected chi connectivity index (χ0v) is 12.2. The van der Waals surface area contributed by atoms with Crippen molar-refractivity contribution in [1.82, 2.24) is 4.72 Å². The second-order valence-corrected chi connectivity index (χ2v) is 6.97. The molecule has 19 heavy (non-hydrogen) atoms. The van der Waals surface area contributed by atoms with Crippen LogP contribution in [-0.2, 0) is 10.0 Å². The van der Waals surface area contributed by atoms with Gasteiger partial charge in [-0.2, -0.15) is 0 Å². The van der Waals surface area contributed by atoms with Crippen LogP contribution in [0.15, 0.2) is 29.2 Å². The van der Waals surface area contributed by atoms with Crippen molar-refractivity contribution in [2.75, 3.05) is 7.11 Å². The molecular weight excluding hydrogens is 262 g/mol. The molecule has 4 nitrogen and oxygen atoms in total. The molecule has 1 fully saturated rings. The van der Waals surface area contributed by atoms with Crippen molar-refractivity contribution >= 4 is 10.0 Å². The van der Waals surface area contributed by atoms with E-state index in [1.807, 2.05) is 0 Å². The predicted octanol–water partition coefficient (Wildman–Crippen LogP) is 2.55. The third-order valence-corrected chi connectivity index (χ3v) is 5.24. The van der Waals surface area contributed by atoms with Gasteiger partial charge in [-0.1, -0.05) is 6.92 Å². The molecule has 0 aromatic heterocycles. The summed E-state index contributed by atoms with van der Waals surface area (Å²) in [7, 11) is -1.85. The first kappa shape index (κ1) is 14.3. The van der Waals surface area contributed by atoms with Gasteiger partial charge in [-0.05, 0) is 55.9 Å². The standard InChI is InChI=1S/C14H21NO3S/c1-11-3-5-12(6-4-11)15-19(16,17)14-9-7-13(18-2)8-10-14/h7-12,15H,3-6H2,1-2H3. The molecule has 5 heteroatoms. The summed E-state index contributed by atoms with van der Waals surface area (Å²) in [6.45, 7) is 2.22. The summed E-state index contributed by atoms with van der Waals surface area (Å²) in [5.74, 6) is 1.37. The lowest BCUT2D eigenvalue weighted by atomic mass is 9.88. The molecular formula is C14H21NO3S. The molecule has 1 aliphatic carbocycles. The van der Waals surface area contributed by atoms with Crippen molar-refractivity contribution < 1.29 is 13.2 Å². The SMILES string of the molecule is COc1ccc(S(=O)(=O)NC2CCC(C)CC2)cc1. The fourth-order valence-electron chi connectivity index (χ4n) is 2.42. The molecule has 0 aliphatic heterocycles. The first-order valence-corrected chi connectivity index (χ1v) is 8.16. The number of rotatable bonds is 4. The third-order valence-electron chi connectivity index (χ3n) is 3.71. The van der Waals surface area contributed by atoms with E-state index in [4.69, 9.17) is 4.74 Å². The van der Waals surface area contributed by atoms with E-state index < -0.39 is 10.0 Å². The van der Waals surface area contributed by atoms with Crippen LogP contribution in [0.1, 0.15) is 32.6 Å². The maximum Gasteiger partial charge on any atom is 0.240 e. The zero-order valence-electron chi connectivity index (χ0n) is 11.4. The highest BCUT2D eigenvalue weighted by molar-refractivity contribution is 7.89. The summed E-state index contributed by atoms with van der Waals surface area (Å²) in [4.78, 5) is 0.298. The molecule has 0 radical (unpaired) electrons. The van der Waals surface area contributed by atoms with Gasteiger partial charge in [0.25, 0.3) is 0 Å². The second kappa shape index (κ2) is 5.92. The lowest BCUT2D eigenvalue weighted by Gasteiger charge is -2.26. The smallest absolute Gasteiger partial charge is 0.240 e. The van der Waals surface area contributed by atoms with Gasteiger partial charge in [0.1, 0.15) is 5.75 Å². The Bertz CT molecular complexity index is 502. The van der Waals surface area contributed by atoms with E-state index in [2.05, 4.69) is 11.6 Å². The monoisotopic (exact) mass is 283 g/mol. The van der Waals surface area contributed by atoms with Crippen LogP contribution >= 0.6 is 0 Å². The quantitative estimate of drug-likeness (QED) is 0.924. The first-order valence-electron chi connectivity index (χ1n) is 6.67. The molecule has 1 N–H and O–H groups in total. The van der Waals surface area contributed by atoms with Crippen molar-refractivity contribution in [2.24, 2.45) is 5.92 Å². The minimum atomic E-state index is -3.41. The number of ether oxygens (including phenoxy) is 1. The number of sulfonamides is 1. The summed E-state index contributed by atoms with van der Waals surface area (Å²) < 4.78 is 32.3. The molecule has 1 aliphatic rings. The minimum Gasteiger partial charge on any atom is -0.497 e. The Morgan fingerprint density at radius 3 is 2.21 bits per heavy atom. The van der Waals surface area contributed by atoms with Gasteiger partial charge in [0.2, 0.25) is 10.0 Å². The number of benzene rings is 1. The highest BCUT2D eigenvalue weighted by Gasteiger charge is 2.23. The van der Waals surface area contributed by atoms with Crippen molar-refractivity contribution in [2.45, 2.75) is 43.5 Å². The molecule has 0 saturated heterocycles. The van der Waals surface area contributed by atoms with Crippen molar-refractivity contribution in [3.05, 3.63) is 24.3 Å². The molecule has 0 unspecified atom stereocenters. The molecule has 0 atom stereocenters. The van der Waals surface area contributed by atoms with Crippen LogP contribution in [0.3, 0.4) is 0 Å². The Labute approximate surface area is 115 Å². The van der Waals surface area contributed by atoms with Crippen molar-refractivity contribution in [3.8, 4) is 5.75 Å². The Morgan fingerprint density at radius 1 is 1.11 bits per heavy atom. The summed E-state index contributed by atoms with van der Waals surface area (Å²) in [6.07, 6.45) is 4.04. The molecule has 0 heterocycles. The summed E-state index contributed by atoms with van der Waals surface area (Å²) in [5.41, 5.74) is 0. The van der Waals surface area contributed by atoms with Gasteiger partial charge in [0.15, 0.2) is 0 Å². The summed E-state index contributed by atoms with van der Waals surface area (Å²) in [6, 6.07) is 6.55. The lowest BCUT2D eigenvalue weighted by Crippen LogP contribution is -2.37. The van der Waals surface area contributed by atoms with E-state index in [0.29, 0.717) is 16.6 Å². The predicted molar refractivity (Wildman–Crippen MR) is 74.7 cm³/mol. The van der Waals surface area contributed by atoms with Crippen LogP contribution in [0, 0.1) is 5.92 Å². The number of methoxy groups -OCH3 is 1. The zero-order chi connectivity index (χ0) is 13.9. The van der Waals surface area contributed by atoms with E-state index in [0.717, 1.165) is 25.7 Å². The molecule has 0 amide bonds. The molecule has 0 bridgehead atoms. The minimum absolute atomic E-state index is 0.0725. The average Bonchev–Trinajstić information content (AvgIpc) is 2.41. The number of hydrogen-bond acceptors (Lipinski definition) is 3. The third kappa shape index (κ3) is 3.70. The topological polar surface area (TPSA) is 55.4 Å². The van der Waals surface area contributed by atoms with E-state index >= 15 is 0 Å². The van der Waals surface area contributed by atoms with Crippen LogP contribution in [0.2, 0.25) is 0 Å². The normalized spacial score (nSPS) is 24.1. The first-order chi connectivity index (χ1) is 9.01. The number of nitrogens with one attached hydrogen (secondary N) is 1. The van der Waals surface area contributed by atoms with Crippen molar-refractivity contribution in [3.63, 3.8) is 0 Å². The van der Waals surface area contributed by atoms with Crippen LogP contribution < -0.4 is 9.46 Å². The van der Waals surface area contributed by atoms with Crippen molar-refractivity contribution in [1.29, 1.82) is 0 Å².